The van der Waals surface area contributed by atoms with Gasteiger partial charge in [-0.2, -0.15) is 5.10 Å². The minimum absolute atomic E-state index is 0.0819. The van der Waals surface area contributed by atoms with Gasteiger partial charge in [-0.3, -0.25) is 9.48 Å². The molecule has 5 heteroatoms. The van der Waals surface area contributed by atoms with Gasteiger partial charge in [-0.25, -0.2) is 0 Å². The predicted octanol–water partition coefficient (Wildman–Crippen LogP) is 3.88. The van der Waals surface area contributed by atoms with Gasteiger partial charge >= 0.3 is 0 Å². The maximum atomic E-state index is 13.0. The molecule has 26 heavy (non-hydrogen) atoms. The van der Waals surface area contributed by atoms with E-state index in [1.807, 2.05) is 18.0 Å². The Morgan fingerprint density at radius 3 is 2.65 bits per heavy atom. The second-order valence-corrected chi connectivity index (χ2v) is 7.77. The summed E-state index contributed by atoms with van der Waals surface area (Å²) in [7, 11) is 1.86. The van der Waals surface area contributed by atoms with Crippen LogP contribution in [0.2, 0.25) is 0 Å². The van der Waals surface area contributed by atoms with E-state index in [4.69, 9.17) is 0 Å². The van der Waals surface area contributed by atoms with Crippen molar-refractivity contribution in [3.05, 3.63) is 46.8 Å². The molecule has 0 saturated carbocycles. The standard InChI is InChI=1S/C21H30N4O/c1-14(2)19-12-20(24(5)23-19)21(26)25-10-6-7-18(13-25)22-17-9-8-15(3)16(4)11-17/h8-9,11-12,14,18,22H,6-7,10,13H2,1-5H3. The Balaban J connectivity index is 1.69. The molecule has 1 saturated heterocycles. The Morgan fingerprint density at radius 2 is 2.00 bits per heavy atom. The Bertz CT molecular complexity index is 793. The lowest BCUT2D eigenvalue weighted by Gasteiger charge is -2.33. The second kappa shape index (κ2) is 7.52. The topological polar surface area (TPSA) is 50.2 Å². The Hall–Kier alpha value is -2.30. The van der Waals surface area contributed by atoms with Gasteiger partial charge in [-0.05, 0) is 61.9 Å². The number of aryl methyl sites for hydroxylation is 3. The van der Waals surface area contributed by atoms with Crippen LogP contribution in [0.3, 0.4) is 0 Å². The molecule has 0 radical (unpaired) electrons. The highest BCUT2D eigenvalue weighted by Gasteiger charge is 2.27. The zero-order chi connectivity index (χ0) is 18.8. The molecule has 1 aliphatic heterocycles. The number of carbonyl (C=O) groups is 1. The summed E-state index contributed by atoms with van der Waals surface area (Å²) in [5.74, 6) is 0.404. The van der Waals surface area contributed by atoms with Crippen LogP contribution in [0.4, 0.5) is 5.69 Å². The highest BCUT2D eigenvalue weighted by molar-refractivity contribution is 5.92. The number of aromatic nitrogens is 2. The normalized spacial score (nSPS) is 17.6. The molecule has 3 rings (SSSR count). The van der Waals surface area contributed by atoms with Gasteiger partial charge in [0.1, 0.15) is 5.69 Å². The van der Waals surface area contributed by atoms with Crippen molar-refractivity contribution in [3.63, 3.8) is 0 Å². The number of anilines is 1. The lowest BCUT2D eigenvalue weighted by atomic mass is 10.0. The third kappa shape index (κ3) is 3.92. The molecule has 1 N–H and O–H groups in total. The number of benzene rings is 1. The summed E-state index contributed by atoms with van der Waals surface area (Å²) in [5.41, 5.74) is 5.37. The number of carbonyl (C=O) groups excluding carboxylic acids is 1. The average molecular weight is 354 g/mol. The Labute approximate surface area is 156 Å². The minimum atomic E-state index is 0.0819. The maximum absolute atomic E-state index is 13.0. The third-order valence-corrected chi connectivity index (χ3v) is 5.30. The van der Waals surface area contributed by atoms with E-state index in [2.05, 4.69) is 56.3 Å². The second-order valence-electron chi connectivity index (χ2n) is 7.77. The molecule has 1 aromatic heterocycles. The van der Waals surface area contributed by atoms with Crippen LogP contribution in [-0.2, 0) is 7.05 Å². The SMILES string of the molecule is Cc1ccc(NC2CCCN(C(=O)c3cc(C(C)C)nn3C)C2)cc1C. The van der Waals surface area contributed by atoms with Crippen LogP contribution >= 0.6 is 0 Å². The first kappa shape index (κ1) is 18.5. The van der Waals surface area contributed by atoms with E-state index in [-0.39, 0.29) is 11.9 Å². The van der Waals surface area contributed by atoms with E-state index < -0.39 is 0 Å². The molecular formula is C21H30N4O. The molecule has 0 bridgehead atoms. The quantitative estimate of drug-likeness (QED) is 0.906. The molecule has 0 spiro atoms. The summed E-state index contributed by atoms with van der Waals surface area (Å²) in [6.07, 6.45) is 2.10. The van der Waals surface area contributed by atoms with Crippen LogP contribution in [0, 0.1) is 13.8 Å². The summed E-state index contributed by atoms with van der Waals surface area (Å²) in [6, 6.07) is 8.68. The first-order valence-corrected chi connectivity index (χ1v) is 9.52. The Morgan fingerprint density at radius 1 is 1.23 bits per heavy atom. The van der Waals surface area contributed by atoms with Crippen LogP contribution in [-0.4, -0.2) is 39.7 Å². The van der Waals surface area contributed by atoms with Crippen molar-refractivity contribution in [2.75, 3.05) is 18.4 Å². The molecule has 2 heterocycles. The zero-order valence-corrected chi connectivity index (χ0v) is 16.5. The first-order valence-electron chi connectivity index (χ1n) is 9.52. The monoisotopic (exact) mass is 354 g/mol. The number of nitrogens with one attached hydrogen (secondary N) is 1. The van der Waals surface area contributed by atoms with Crippen LogP contribution in [0.1, 0.15) is 59.9 Å². The van der Waals surface area contributed by atoms with E-state index in [0.717, 1.165) is 37.3 Å². The number of rotatable bonds is 4. The van der Waals surface area contributed by atoms with E-state index in [0.29, 0.717) is 11.6 Å². The first-order chi connectivity index (χ1) is 12.3. The van der Waals surface area contributed by atoms with E-state index in [1.54, 1.807) is 4.68 Å². The molecule has 140 valence electrons. The van der Waals surface area contributed by atoms with Crippen molar-refractivity contribution >= 4 is 11.6 Å². The summed E-state index contributed by atoms with van der Waals surface area (Å²) < 4.78 is 1.72. The molecule has 1 atom stereocenters. The number of hydrogen-bond donors (Lipinski definition) is 1. The zero-order valence-electron chi connectivity index (χ0n) is 16.5. The number of hydrogen-bond acceptors (Lipinski definition) is 3. The Kier molecular flexibility index (Phi) is 5.35. The molecule has 1 fully saturated rings. The number of nitrogens with zero attached hydrogens (tertiary/aromatic N) is 3. The summed E-state index contributed by atoms with van der Waals surface area (Å²) in [6.45, 7) is 9.99. The molecule has 5 nitrogen and oxygen atoms in total. The van der Waals surface area contributed by atoms with Crippen molar-refractivity contribution in [2.24, 2.45) is 7.05 Å². The third-order valence-electron chi connectivity index (χ3n) is 5.30. The highest BCUT2D eigenvalue weighted by atomic mass is 16.2. The highest BCUT2D eigenvalue weighted by Crippen LogP contribution is 2.21. The van der Waals surface area contributed by atoms with Crippen molar-refractivity contribution < 1.29 is 4.79 Å². The molecular weight excluding hydrogens is 324 g/mol. The summed E-state index contributed by atoms with van der Waals surface area (Å²) >= 11 is 0. The minimum Gasteiger partial charge on any atom is -0.381 e. The van der Waals surface area contributed by atoms with Gasteiger partial charge < -0.3 is 10.2 Å². The molecule has 1 unspecified atom stereocenters. The van der Waals surface area contributed by atoms with Crippen molar-refractivity contribution in [3.8, 4) is 0 Å². The lowest BCUT2D eigenvalue weighted by molar-refractivity contribution is 0.0703. The average Bonchev–Trinajstić information content (AvgIpc) is 3.00. The van der Waals surface area contributed by atoms with Crippen molar-refractivity contribution in [1.82, 2.24) is 14.7 Å². The van der Waals surface area contributed by atoms with E-state index in [1.165, 1.54) is 11.1 Å². The molecule has 1 amide bonds. The van der Waals surface area contributed by atoms with Gasteiger partial charge in [-0.1, -0.05) is 19.9 Å². The van der Waals surface area contributed by atoms with Crippen LogP contribution in [0.5, 0.6) is 0 Å². The maximum Gasteiger partial charge on any atom is 0.272 e. The van der Waals surface area contributed by atoms with Crippen molar-refractivity contribution in [1.29, 1.82) is 0 Å². The van der Waals surface area contributed by atoms with Crippen LogP contribution in [0.25, 0.3) is 0 Å². The lowest BCUT2D eigenvalue weighted by Crippen LogP contribution is -2.45. The van der Waals surface area contributed by atoms with Crippen LogP contribution in [0.15, 0.2) is 24.3 Å². The van der Waals surface area contributed by atoms with Gasteiger partial charge in [0, 0.05) is 31.9 Å². The predicted molar refractivity (Wildman–Crippen MR) is 106 cm³/mol. The summed E-state index contributed by atoms with van der Waals surface area (Å²) in [5, 5.41) is 8.09. The van der Waals surface area contributed by atoms with Crippen LogP contribution < -0.4 is 5.32 Å². The fourth-order valence-electron chi connectivity index (χ4n) is 3.48. The van der Waals surface area contributed by atoms with Gasteiger partial charge in [-0.15, -0.1) is 0 Å². The van der Waals surface area contributed by atoms with Gasteiger partial charge in [0.05, 0.1) is 5.69 Å². The molecule has 1 aromatic carbocycles. The summed E-state index contributed by atoms with van der Waals surface area (Å²) in [4.78, 5) is 15.0. The van der Waals surface area contributed by atoms with Gasteiger partial charge in [0.2, 0.25) is 0 Å². The molecule has 2 aromatic rings. The molecule has 1 aliphatic rings. The fraction of sp³-hybridized carbons (Fsp3) is 0.524. The fourth-order valence-corrected chi connectivity index (χ4v) is 3.48. The number of likely N-dealkylation sites (tertiary alicyclic amines) is 1. The van der Waals surface area contributed by atoms with Gasteiger partial charge in [0.15, 0.2) is 0 Å². The smallest absolute Gasteiger partial charge is 0.272 e. The largest absolute Gasteiger partial charge is 0.381 e. The molecule has 0 aliphatic carbocycles. The van der Waals surface area contributed by atoms with E-state index >= 15 is 0 Å². The number of amides is 1. The van der Waals surface area contributed by atoms with Crippen molar-refractivity contribution in [2.45, 2.75) is 52.5 Å². The number of piperidine rings is 1. The van der Waals surface area contributed by atoms with E-state index in [9.17, 15) is 4.79 Å². The van der Waals surface area contributed by atoms with Gasteiger partial charge in [0.25, 0.3) is 5.91 Å².